The first-order valence-electron chi connectivity index (χ1n) is 10.9. The van der Waals surface area contributed by atoms with Gasteiger partial charge < -0.3 is 14.4 Å². The summed E-state index contributed by atoms with van der Waals surface area (Å²) in [5.41, 5.74) is 1.84. The first-order valence-corrected chi connectivity index (χ1v) is 11.8. The van der Waals surface area contributed by atoms with E-state index in [1.54, 1.807) is 0 Å². The second-order valence-electron chi connectivity index (χ2n) is 7.99. The van der Waals surface area contributed by atoms with Gasteiger partial charge in [0.1, 0.15) is 6.54 Å². The SMILES string of the molecule is O=C(CSc1nc2ccccc2n1CC(=O)N1CCCCC1)N1CCCCCC1. The van der Waals surface area contributed by atoms with Crippen molar-refractivity contribution in [3.05, 3.63) is 24.3 Å². The van der Waals surface area contributed by atoms with Crippen LogP contribution in [-0.2, 0) is 16.1 Å². The van der Waals surface area contributed by atoms with Crippen molar-refractivity contribution in [3.63, 3.8) is 0 Å². The van der Waals surface area contributed by atoms with Crippen molar-refractivity contribution in [2.45, 2.75) is 56.6 Å². The van der Waals surface area contributed by atoms with Gasteiger partial charge in [-0.15, -0.1) is 0 Å². The topological polar surface area (TPSA) is 58.4 Å². The molecular weight excluding hydrogens is 384 g/mol. The van der Waals surface area contributed by atoms with Gasteiger partial charge in [-0.3, -0.25) is 9.59 Å². The lowest BCUT2D eigenvalue weighted by Crippen LogP contribution is -2.38. The second-order valence-corrected chi connectivity index (χ2v) is 8.94. The van der Waals surface area contributed by atoms with Gasteiger partial charge in [-0.05, 0) is 44.2 Å². The predicted molar refractivity (Wildman–Crippen MR) is 116 cm³/mol. The van der Waals surface area contributed by atoms with E-state index in [4.69, 9.17) is 4.98 Å². The number of piperidine rings is 1. The maximum atomic E-state index is 12.9. The fourth-order valence-corrected chi connectivity index (χ4v) is 5.15. The number of hydrogen-bond donors (Lipinski definition) is 0. The maximum Gasteiger partial charge on any atom is 0.242 e. The van der Waals surface area contributed by atoms with E-state index in [1.807, 2.05) is 38.6 Å². The monoisotopic (exact) mass is 414 g/mol. The molecule has 2 aliphatic rings. The molecule has 0 spiro atoms. The average molecular weight is 415 g/mol. The van der Waals surface area contributed by atoms with Gasteiger partial charge in [-0.1, -0.05) is 36.7 Å². The highest BCUT2D eigenvalue weighted by molar-refractivity contribution is 7.99. The number of likely N-dealkylation sites (tertiary alicyclic amines) is 2. The Morgan fingerprint density at radius 1 is 0.828 bits per heavy atom. The quantitative estimate of drug-likeness (QED) is 0.702. The van der Waals surface area contributed by atoms with Gasteiger partial charge in [-0.2, -0.15) is 0 Å². The van der Waals surface area contributed by atoms with Crippen LogP contribution < -0.4 is 0 Å². The molecular formula is C22H30N4O2S. The Bertz CT molecular complexity index is 852. The molecule has 0 saturated carbocycles. The van der Waals surface area contributed by atoms with E-state index >= 15 is 0 Å². The first kappa shape index (κ1) is 20.3. The number of fused-ring (bicyclic) bond motifs is 1. The summed E-state index contributed by atoms with van der Waals surface area (Å²) in [4.78, 5) is 34.3. The van der Waals surface area contributed by atoms with Crippen LogP contribution in [0.3, 0.4) is 0 Å². The van der Waals surface area contributed by atoms with Crippen LogP contribution in [0.4, 0.5) is 0 Å². The predicted octanol–water partition coefficient (Wildman–Crippen LogP) is 3.54. The highest BCUT2D eigenvalue weighted by atomic mass is 32.2. The summed E-state index contributed by atoms with van der Waals surface area (Å²) in [6.45, 7) is 3.72. The van der Waals surface area contributed by atoms with E-state index in [9.17, 15) is 9.59 Å². The van der Waals surface area contributed by atoms with Crippen LogP contribution >= 0.6 is 11.8 Å². The van der Waals surface area contributed by atoms with Crippen LogP contribution in [0.15, 0.2) is 29.4 Å². The Hall–Kier alpha value is -2.02. The van der Waals surface area contributed by atoms with Crippen LogP contribution in [0.2, 0.25) is 0 Å². The Balaban J connectivity index is 1.48. The lowest BCUT2D eigenvalue weighted by molar-refractivity contribution is -0.132. The number of thioether (sulfide) groups is 1. The average Bonchev–Trinajstić information content (AvgIpc) is 2.92. The normalized spacial score (nSPS) is 18.1. The molecule has 3 heterocycles. The lowest BCUT2D eigenvalue weighted by atomic mass is 10.1. The summed E-state index contributed by atoms with van der Waals surface area (Å²) in [7, 11) is 0. The summed E-state index contributed by atoms with van der Waals surface area (Å²) in [5, 5.41) is 0.764. The molecule has 0 bridgehead atoms. The Kier molecular flexibility index (Phi) is 6.74. The molecule has 1 aromatic heterocycles. The van der Waals surface area contributed by atoms with Crippen molar-refractivity contribution in [3.8, 4) is 0 Å². The van der Waals surface area contributed by atoms with Gasteiger partial charge in [0.15, 0.2) is 5.16 Å². The number of carbonyl (C=O) groups excluding carboxylic acids is 2. The molecule has 0 radical (unpaired) electrons. The Morgan fingerprint density at radius 2 is 1.41 bits per heavy atom. The van der Waals surface area contributed by atoms with E-state index in [0.717, 1.165) is 68.1 Å². The zero-order valence-electron chi connectivity index (χ0n) is 17.0. The van der Waals surface area contributed by atoms with Gasteiger partial charge in [0.05, 0.1) is 16.8 Å². The molecule has 0 aliphatic carbocycles. The van der Waals surface area contributed by atoms with Crippen molar-refractivity contribution in [2.24, 2.45) is 0 Å². The van der Waals surface area contributed by atoms with Crippen molar-refractivity contribution >= 4 is 34.6 Å². The zero-order chi connectivity index (χ0) is 20.1. The number of hydrogen-bond acceptors (Lipinski definition) is 4. The van der Waals surface area contributed by atoms with E-state index in [2.05, 4.69) is 0 Å². The van der Waals surface area contributed by atoms with Crippen molar-refractivity contribution < 1.29 is 9.59 Å². The van der Waals surface area contributed by atoms with E-state index in [1.165, 1.54) is 31.0 Å². The number of nitrogens with zero attached hydrogens (tertiary/aromatic N) is 4. The molecule has 2 saturated heterocycles. The highest BCUT2D eigenvalue weighted by Gasteiger charge is 2.22. The van der Waals surface area contributed by atoms with Crippen LogP contribution in [0.5, 0.6) is 0 Å². The standard InChI is InChI=1S/C22H30N4O2S/c27-20(24-12-8-3-9-13-24)16-26-19-11-5-4-10-18(19)23-22(26)29-17-21(28)25-14-6-1-2-7-15-25/h4-5,10-11H,1-3,6-9,12-17H2. The van der Waals surface area contributed by atoms with Crippen molar-refractivity contribution in [2.75, 3.05) is 31.9 Å². The third-order valence-electron chi connectivity index (χ3n) is 5.91. The van der Waals surface area contributed by atoms with Gasteiger partial charge in [0.25, 0.3) is 0 Å². The first-order chi connectivity index (χ1) is 14.2. The van der Waals surface area contributed by atoms with Gasteiger partial charge >= 0.3 is 0 Å². The zero-order valence-corrected chi connectivity index (χ0v) is 17.8. The number of aromatic nitrogens is 2. The molecule has 7 heteroatoms. The molecule has 29 heavy (non-hydrogen) atoms. The second kappa shape index (κ2) is 9.65. The van der Waals surface area contributed by atoms with E-state index in [-0.39, 0.29) is 11.8 Å². The molecule has 2 fully saturated rings. The number of amides is 2. The Labute approximate surface area is 176 Å². The third-order valence-corrected chi connectivity index (χ3v) is 6.87. The van der Waals surface area contributed by atoms with E-state index in [0.29, 0.717) is 12.3 Å². The molecule has 156 valence electrons. The maximum absolute atomic E-state index is 12.9. The number of carbonyl (C=O) groups is 2. The minimum Gasteiger partial charge on any atom is -0.342 e. The van der Waals surface area contributed by atoms with Crippen LogP contribution in [0.25, 0.3) is 11.0 Å². The lowest BCUT2D eigenvalue weighted by Gasteiger charge is -2.27. The molecule has 2 aromatic rings. The summed E-state index contributed by atoms with van der Waals surface area (Å²) in [6, 6.07) is 7.91. The molecule has 6 nitrogen and oxygen atoms in total. The number of benzene rings is 1. The summed E-state index contributed by atoms with van der Waals surface area (Å²) >= 11 is 1.46. The fourth-order valence-electron chi connectivity index (χ4n) is 4.23. The van der Waals surface area contributed by atoms with Crippen LogP contribution in [0, 0.1) is 0 Å². The van der Waals surface area contributed by atoms with Crippen molar-refractivity contribution in [1.82, 2.24) is 19.4 Å². The molecule has 1 aromatic carbocycles. The smallest absolute Gasteiger partial charge is 0.242 e. The number of rotatable bonds is 5. The van der Waals surface area contributed by atoms with Gasteiger partial charge in [-0.25, -0.2) is 4.98 Å². The molecule has 0 atom stereocenters. The molecule has 2 aliphatic heterocycles. The van der Waals surface area contributed by atoms with Crippen molar-refractivity contribution in [1.29, 1.82) is 0 Å². The Morgan fingerprint density at radius 3 is 2.10 bits per heavy atom. The minimum absolute atomic E-state index is 0.147. The third kappa shape index (κ3) is 4.94. The van der Waals surface area contributed by atoms with E-state index < -0.39 is 0 Å². The molecule has 0 unspecified atom stereocenters. The van der Waals surface area contributed by atoms with Gasteiger partial charge in [0, 0.05) is 26.2 Å². The number of para-hydroxylation sites is 2. The fraction of sp³-hybridized carbons (Fsp3) is 0.591. The summed E-state index contributed by atoms with van der Waals surface area (Å²) < 4.78 is 1.99. The summed E-state index contributed by atoms with van der Waals surface area (Å²) in [5.74, 6) is 0.702. The molecule has 2 amide bonds. The largest absolute Gasteiger partial charge is 0.342 e. The minimum atomic E-state index is 0.147. The number of imidazole rings is 1. The molecule has 4 rings (SSSR count). The van der Waals surface area contributed by atoms with Crippen LogP contribution in [0.1, 0.15) is 44.9 Å². The highest BCUT2D eigenvalue weighted by Crippen LogP contribution is 2.25. The summed E-state index contributed by atoms with van der Waals surface area (Å²) in [6.07, 6.45) is 8.00. The molecule has 0 N–H and O–H groups in total. The van der Waals surface area contributed by atoms with Crippen LogP contribution in [-0.4, -0.2) is 63.1 Å². The van der Waals surface area contributed by atoms with Gasteiger partial charge in [0.2, 0.25) is 11.8 Å².